The minimum absolute atomic E-state index is 0.907. The molecular weight excluding hydrogens is 337 g/mol. The van der Waals surface area contributed by atoms with E-state index in [9.17, 15) is 0 Å². The summed E-state index contributed by atoms with van der Waals surface area (Å²) in [6.45, 7) is 0.937. The molecule has 18 heavy (non-hydrogen) atoms. The van der Waals surface area contributed by atoms with Crippen LogP contribution >= 0.6 is 22.6 Å². The first-order chi connectivity index (χ1) is 8.78. The topological polar surface area (TPSA) is 21.3 Å². The summed E-state index contributed by atoms with van der Waals surface area (Å²) in [5.74, 6) is 0.907. The van der Waals surface area contributed by atoms with Crippen LogP contribution in [-0.4, -0.2) is 13.7 Å². The number of benzene rings is 2. The Kier molecular flexibility index (Phi) is 4.87. The fraction of sp³-hybridized carbons (Fsp3) is 0.200. The molecule has 0 aromatic heterocycles. The Morgan fingerprint density at radius 1 is 1.00 bits per heavy atom. The first kappa shape index (κ1) is 13.2. The smallest absolute Gasteiger partial charge is 0.118 e. The van der Waals surface area contributed by atoms with Gasteiger partial charge in [-0.25, -0.2) is 0 Å². The predicted molar refractivity (Wildman–Crippen MR) is 84.3 cm³/mol. The van der Waals surface area contributed by atoms with Crippen molar-refractivity contribution in [3.8, 4) is 5.75 Å². The van der Waals surface area contributed by atoms with Crippen LogP contribution in [0.4, 0.5) is 5.69 Å². The summed E-state index contributed by atoms with van der Waals surface area (Å²) in [7, 11) is 1.69. The Bertz CT molecular complexity index is 479. The van der Waals surface area contributed by atoms with E-state index in [0.29, 0.717) is 0 Å². The van der Waals surface area contributed by atoms with Gasteiger partial charge >= 0.3 is 0 Å². The molecule has 2 aromatic rings. The average Bonchev–Trinajstić information content (AvgIpc) is 2.42. The molecule has 0 spiro atoms. The zero-order valence-corrected chi connectivity index (χ0v) is 12.5. The number of nitrogens with one attached hydrogen (secondary N) is 1. The van der Waals surface area contributed by atoms with E-state index in [1.807, 2.05) is 12.1 Å². The quantitative estimate of drug-likeness (QED) is 0.822. The summed E-state index contributed by atoms with van der Waals surface area (Å²) in [6.07, 6.45) is 1.01. The molecule has 0 fully saturated rings. The van der Waals surface area contributed by atoms with E-state index in [1.54, 1.807) is 7.11 Å². The van der Waals surface area contributed by atoms with Gasteiger partial charge in [0.05, 0.1) is 7.11 Å². The number of anilines is 1. The van der Waals surface area contributed by atoms with Crippen molar-refractivity contribution in [2.24, 2.45) is 0 Å². The first-order valence-corrected chi connectivity index (χ1v) is 6.98. The fourth-order valence-electron chi connectivity index (χ4n) is 1.71. The standard InChI is InChI=1S/C15H16INO/c1-18-15-8-2-12(3-9-15)10-11-17-14-6-4-13(16)5-7-14/h2-9,17H,10-11H2,1H3. The summed E-state index contributed by atoms with van der Waals surface area (Å²) in [5, 5.41) is 3.41. The van der Waals surface area contributed by atoms with Crippen LogP contribution in [0.1, 0.15) is 5.56 Å². The molecule has 0 radical (unpaired) electrons. The fourth-order valence-corrected chi connectivity index (χ4v) is 2.07. The van der Waals surface area contributed by atoms with E-state index in [2.05, 4.69) is 64.3 Å². The van der Waals surface area contributed by atoms with Gasteiger partial charge in [0.25, 0.3) is 0 Å². The molecule has 0 aliphatic carbocycles. The molecule has 0 bridgehead atoms. The van der Waals surface area contributed by atoms with Crippen LogP contribution in [0.2, 0.25) is 0 Å². The second kappa shape index (κ2) is 6.64. The average molecular weight is 353 g/mol. The summed E-state index contributed by atoms with van der Waals surface area (Å²) in [5.41, 5.74) is 2.48. The summed E-state index contributed by atoms with van der Waals surface area (Å²) in [6, 6.07) is 16.6. The third-order valence-corrected chi connectivity index (χ3v) is 3.47. The Morgan fingerprint density at radius 2 is 1.67 bits per heavy atom. The van der Waals surface area contributed by atoms with Gasteiger partial charge in [-0.05, 0) is 71.0 Å². The first-order valence-electron chi connectivity index (χ1n) is 5.90. The van der Waals surface area contributed by atoms with E-state index >= 15 is 0 Å². The van der Waals surface area contributed by atoms with Gasteiger partial charge in [-0.15, -0.1) is 0 Å². The molecule has 0 atom stereocenters. The van der Waals surface area contributed by atoms with Crippen LogP contribution in [0.3, 0.4) is 0 Å². The van der Waals surface area contributed by atoms with Gasteiger partial charge in [0.15, 0.2) is 0 Å². The SMILES string of the molecule is COc1ccc(CCNc2ccc(I)cc2)cc1. The Morgan fingerprint density at radius 3 is 2.28 bits per heavy atom. The Labute approximate surface area is 122 Å². The maximum atomic E-state index is 5.14. The lowest BCUT2D eigenvalue weighted by Gasteiger charge is -2.07. The number of methoxy groups -OCH3 is 1. The lowest BCUT2D eigenvalue weighted by molar-refractivity contribution is 0.414. The second-order valence-electron chi connectivity index (χ2n) is 4.03. The molecular formula is C15H16INO. The van der Waals surface area contributed by atoms with Gasteiger partial charge in [-0.1, -0.05) is 12.1 Å². The maximum Gasteiger partial charge on any atom is 0.118 e. The van der Waals surface area contributed by atoms with Gasteiger partial charge in [-0.2, -0.15) is 0 Å². The van der Waals surface area contributed by atoms with Crippen LogP contribution < -0.4 is 10.1 Å². The van der Waals surface area contributed by atoms with Gasteiger partial charge < -0.3 is 10.1 Å². The molecule has 0 unspecified atom stereocenters. The van der Waals surface area contributed by atoms with E-state index in [1.165, 1.54) is 14.8 Å². The van der Waals surface area contributed by atoms with Crippen molar-refractivity contribution in [1.82, 2.24) is 0 Å². The summed E-state index contributed by atoms with van der Waals surface area (Å²) in [4.78, 5) is 0. The van der Waals surface area contributed by atoms with Crippen molar-refractivity contribution >= 4 is 28.3 Å². The lowest BCUT2D eigenvalue weighted by atomic mass is 10.1. The highest BCUT2D eigenvalue weighted by atomic mass is 127. The summed E-state index contributed by atoms with van der Waals surface area (Å²) < 4.78 is 6.40. The van der Waals surface area contributed by atoms with Gasteiger partial charge in [0.1, 0.15) is 5.75 Å². The molecule has 0 aliphatic heterocycles. The predicted octanol–water partition coefficient (Wildman–Crippen LogP) is 3.95. The normalized spacial score (nSPS) is 10.1. The molecule has 0 saturated heterocycles. The zero-order valence-electron chi connectivity index (χ0n) is 10.3. The van der Waals surface area contributed by atoms with Crippen molar-refractivity contribution in [2.45, 2.75) is 6.42 Å². The largest absolute Gasteiger partial charge is 0.497 e. The van der Waals surface area contributed by atoms with E-state index in [4.69, 9.17) is 4.74 Å². The molecule has 2 aromatic carbocycles. The third kappa shape index (κ3) is 3.91. The Balaban J connectivity index is 1.82. The van der Waals surface area contributed by atoms with Crippen LogP contribution in [0.25, 0.3) is 0 Å². The van der Waals surface area contributed by atoms with Crippen molar-refractivity contribution in [1.29, 1.82) is 0 Å². The second-order valence-corrected chi connectivity index (χ2v) is 5.28. The number of hydrogen-bond acceptors (Lipinski definition) is 2. The van der Waals surface area contributed by atoms with Gasteiger partial charge in [-0.3, -0.25) is 0 Å². The molecule has 1 N–H and O–H groups in total. The molecule has 2 rings (SSSR count). The molecule has 0 amide bonds. The highest BCUT2D eigenvalue weighted by molar-refractivity contribution is 14.1. The van der Waals surface area contributed by atoms with Crippen molar-refractivity contribution in [2.75, 3.05) is 19.0 Å². The van der Waals surface area contributed by atoms with Crippen molar-refractivity contribution < 1.29 is 4.74 Å². The number of ether oxygens (including phenoxy) is 1. The lowest BCUT2D eigenvalue weighted by Crippen LogP contribution is -2.04. The van der Waals surface area contributed by atoms with E-state index in [0.717, 1.165) is 18.7 Å². The van der Waals surface area contributed by atoms with Gasteiger partial charge in [0.2, 0.25) is 0 Å². The molecule has 2 nitrogen and oxygen atoms in total. The number of halogens is 1. The van der Waals surface area contributed by atoms with E-state index < -0.39 is 0 Å². The van der Waals surface area contributed by atoms with Gasteiger partial charge in [0, 0.05) is 15.8 Å². The Hall–Kier alpha value is -1.23. The van der Waals surface area contributed by atoms with Crippen LogP contribution in [-0.2, 0) is 6.42 Å². The minimum Gasteiger partial charge on any atom is -0.497 e. The van der Waals surface area contributed by atoms with Crippen molar-refractivity contribution in [3.05, 3.63) is 57.7 Å². The maximum absolute atomic E-state index is 5.14. The summed E-state index contributed by atoms with van der Waals surface area (Å²) >= 11 is 2.31. The zero-order chi connectivity index (χ0) is 12.8. The monoisotopic (exact) mass is 353 g/mol. The molecule has 0 aliphatic rings. The van der Waals surface area contributed by atoms with Crippen LogP contribution in [0.15, 0.2) is 48.5 Å². The molecule has 0 saturated carbocycles. The van der Waals surface area contributed by atoms with Crippen LogP contribution in [0.5, 0.6) is 5.75 Å². The van der Waals surface area contributed by atoms with Crippen molar-refractivity contribution in [3.63, 3.8) is 0 Å². The molecule has 0 heterocycles. The van der Waals surface area contributed by atoms with E-state index in [-0.39, 0.29) is 0 Å². The minimum atomic E-state index is 0.907. The molecule has 3 heteroatoms. The third-order valence-electron chi connectivity index (χ3n) is 2.75. The number of rotatable bonds is 5. The number of hydrogen-bond donors (Lipinski definition) is 1. The molecule has 94 valence electrons. The highest BCUT2D eigenvalue weighted by Gasteiger charge is 1.95. The van der Waals surface area contributed by atoms with Crippen LogP contribution in [0, 0.1) is 3.57 Å². The highest BCUT2D eigenvalue weighted by Crippen LogP contribution is 2.13.